The Hall–Kier alpha value is -4.73. The first-order valence-corrected chi connectivity index (χ1v) is 25.1. The van der Waals surface area contributed by atoms with Gasteiger partial charge in [0, 0.05) is 36.9 Å². The van der Waals surface area contributed by atoms with Crippen LogP contribution in [0.15, 0.2) is 95.2 Å². The Morgan fingerprint density at radius 2 is 1.10 bits per heavy atom. The van der Waals surface area contributed by atoms with E-state index in [1.165, 1.54) is 88.1 Å². The first-order valence-electron chi connectivity index (χ1n) is 21.8. The molecule has 4 aliphatic rings. The Morgan fingerprint density at radius 3 is 1.54 bits per heavy atom. The van der Waals surface area contributed by atoms with Crippen molar-refractivity contribution < 1.29 is 30.8 Å². The summed E-state index contributed by atoms with van der Waals surface area (Å²) >= 11 is 0. The van der Waals surface area contributed by atoms with E-state index in [-0.39, 0.29) is 43.9 Å². The van der Waals surface area contributed by atoms with Crippen LogP contribution in [0.2, 0.25) is 0 Å². The van der Waals surface area contributed by atoms with Crippen LogP contribution in [0.25, 0.3) is 0 Å². The van der Waals surface area contributed by atoms with Gasteiger partial charge in [-0.2, -0.15) is 0 Å². The summed E-state index contributed by atoms with van der Waals surface area (Å²) in [6.07, 6.45) is 16.6. The van der Waals surface area contributed by atoms with Crippen LogP contribution in [0, 0.1) is 27.5 Å². The fourth-order valence-corrected chi connectivity index (χ4v) is 12.0. The highest BCUT2D eigenvalue weighted by atomic mass is 32.2. The number of anilines is 3. The highest BCUT2D eigenvalue weighted by Gasteiger charge is 2.45. The van der Waals surface area contributed by atoms with E-state index in [1.54, 1.807) is 42.7 Å². The van der Waals surface area contributed by atoms with E-state index in [0.717, 1.165) is 43.2 Å². The van der Waals surface area contributed by atoms with Gasteiger partial charge >= 0.3 is 0 Å². The second-order valence-corrected chi connectivity index (χ2v) is 24.1. The average molecular weight is 903 g/mol. The van der Waals surface area contributed by atoms with Crippen LogP contribution in [-0.2, 0) is 19.7 Å². The average Bonchev–Trinajstić information content (AvgIpc) is 4.16. The third kappa shape index (κ3) is 13.6. The summed E-state index contributed by atoms with van der Waals surface area (Å²) in [6, 6.07) is 15.4. The number of hydrogen-bond acceptors (Lipinski definition) is 10. The van der Waals surface area contributed by atoms with Crippen LogP contribution in [0.3, 0.4) is 0 Å². The Morgan fingerprint density at radius 1 is 0.651 bits per heavy atom. The van der Waals surface area contributed by atoms with Gasteiger partial charge in [0.2, 0.25) is 0 Å². The fourth-order valence-electron chi connectivity index (χ4n) is 8.16. The van der Waals surface area contributed by atoms with Gasteiger partial charge in [-0.25, -0.2) is 21.2 Å². The van der Waals surface area contributed by atoms with Gasteiger partial charge in [-0.05, 0) is 135 Å². The maximum Gasteiger partial charge on any atom is 0.258 e. The van der Waals surface area contributed by atoms with E-state index in [2.05, 4.69) is 30.8 Å². The fraction of sp³-hybridized carbons (Fsp3) is 0.500. The maximum atomic E-state index is 13.6. The van der Waals surface area contributed by atoms with Crippen molar-refractivity contribution in [2.75, 3.05) is 53.2 Å². The van der Waals surface area contributed by atoms with E-state index < -0.39 is 36.8 Å². The van der Waals surface area contributed by atoms with E-state index in [0.29, 0.717) is 16.7 Å². The second-order valence-electron chi connectivity index (χ2n) is 20.1. The quantitative estimate of drug-likeness (QED) is 0.148. The summed E-state index contributed by atoms with van der Waals surface area (Å²) in [5, 5.41) is 8.77. The molecule has 2 aliphatic carbocycles. The van der Waals surface area contributed by atoms with Gasteiger partial charge in [0.15, 0.2) is 25.5 Å². The smallest absolute Gasteiger partial charge is 0.258 e. The molecule has 15 heteroatoms. The number of halogens is 1. The van der Waals surface area contributed by atoms with Crippen molar-refractivity contribution >= 4 is 48.6 Å². The largest absolute Gasteiger partial charge is 0.370 e. The molecule has 12 nitrogen and oxygen atoms in total. The zero-order valence-corrected chi connectivity index (χ0v) is 39.1. The molecule has 4 fully saturated rings. The molecule has 2 aromatic heterocycles. The lowest BCUT2D eigenvalue weighted by atomic mass is 9.93. The number of carbonyl (C=O) groups is 2. The number of nitrogens with zero attached hydrogens (tertiary/aromatic N) is 3. The Balaban J connectivity index is 0.000000181. The summed E-state index contributed by atoms with van der Waals surface area (Å²) < 4.78 is 63.9. The number of hydrogen-bond donors (Lipinski definition) is 3. The summed E-state index contributed by atoms with van der Waals surface area (Å²) in [6.45, 7) is 15.6. The number of nitrogens with one attached hydrogen (secondary N) is 3. The molecule has 4 aromatic rings. The first kappa shape index (κ1) is 47.7. The van der Waals surface area contributed by atoms with Gasteiger partial charge in [-0.15, -0.1) is 0 Å². The van der Waals surface area contributed by atoms with Gasteiger partial charge in [-0.1, -0.05) is 53.7 Å². The lowest BCUT2D eigenvalue weighted by molar-refractivity contribution is 0.101. The highest BCUT2D eigenvalue weighted by molar-refractivity contribution is 7.91. The third-order valence-corrected chi connectivity index (χ3v) is 16.4. The molecule has 340 valence electrons. The Labute approximate surface area is 373 Å². The van der Waals surface area contributed by atoms with Crippen LogP contribution in [0.1, 0.15) is 114 Å². The van der Waals surface area contributed by atoms with Crippen molar-refractivity contribution in [3.63, 3.8) is 0 Å². The zero-order chi connectivity index (χ0) is 45.7. The monoisotopic (exact) mass is 902 g/mol. The van der Waals surface area contributed by atoms with Gasteiger partial charge in [-0.3, -0.25) is 19.6 Å². The summed E-state index contributed by atoms with van der Waals surface area (Å²) in [4.78, 5) is 35.6. The van der Waals surface area contributed by atoms with E-state index in [1.807, 2.05) is 41.5 Å². The van der Waals surface area contributed by atoms with Crippen molar-refractivity contribution in [1.29, 1.82) is 0 Å². The van der Waals surface area contributed by atoms with Crippen molar-refractivity contribution in [3.05, 3.63) is 102 Å². The lowest BCUT2D eigenvalue weighted by Gasteiger charge is -2.34. The van der Waals surface area contributed by atoms with Crippen molar-refractivity contribution in [1.82, 2.24) is 15.3 Å². The van der Waals surface area contributed by atoms with Crippen LogP contribution < -0.4 is 20.9 Å². The molecule has 2 aromatic carbocycles. The minimum atomic E-state index is -3.48. The number of amides is 2. The van der Waals surface area contributed by atoms with Crippen LogP contribution in [0.4, 0.5) is 21.5 Å². The molecule has 0 unspecified atom stereocenters. The predicted molar refractivity (Wildman–Crippen MR) is 247 cm³/mol. The van der Waals surface area contributed by atoms with E-state index in [4.69, 9.17) is 0 Å². The van der Waals surface area contributed by atoms with E-state index in [9.17, 15) is 30.8 Å². The molecule has 2 saturated heterocycles. The molecule has 2 spiro atoms. The second kappa shape index (κ2) is 19.2. The molecule has 2 amide bonds. The van der Waals surface area contributed by atoms with E-state index >= 15 is 0 Å². The Kier molecular flexibility index (Phi) is 14.5. The maximum absolute atomic E-state index is 13.6. The first-order chi connectivity index (χ1) is 29.6. The molecule has 3 N–H and O–H groups in total. The number of rotatable bonds is 9. The van der Waals surface area contributed by atoms with Crippen LogP contribution in [-0.4, -0.2) is 76.3 Å². The van der Waals surface area contributed by atoms with Crippen LogP contribution in [0.5, 0.6) is 0 Å². The molecular formula is C48H63FN6O6S2. The number of sulfone groups is 2. The topological polar surface area (TPSA) is 168 Å². The zero-order valence-electron chi connectivity index (χ0n) is 37.5. The van der Waals surface area contributed by atoms with Gasteiger partial charge in [0.05, 0.1) is 50.5 Å². The molecule has 0 bridgehead atoms. The number of carbonyl (C=O) groups excluding carboxylic acids is 2. The minimum absolute atomic E-state index is 0.0175. The van der Waals surface area contributed by atoms with Gasteiger partial charge in [0.25, 0.3) is 11.8 Å². The molecular weight excluding hydrogens is 840 g/mol. The minimum Gasteiger partial charge on any atom is -0.370 e. The SMILES string of the molecule is C1CC2(CCN1)CC2.CC(C)(C)CS(=O)(=O)c1cccc(NC(=O)c2ccncc2F)c1.CC(C)(C)CS(=O)(=O)c1cccc(NC(=O)c2ccncc2N2CCC3(CC2)CC3)c1. The highest BCUT2D eigenvalue weighted by Crippen LogP contribution is 2.54. The van der Waals surface area contributed by atoms with Crippen molar-refractivity contribution in [2.45, 2.75) is 103 Å². The summed E-state index contributed by atoms with van der Waals surface area (Å²) in [7, 11) is -6.93. The molecule has 4 heterocycles. The molecule has 63 heavy (non-hydrogen) atoms. The number of aromatic nitrogens is 2. The van der Waals surface area contributed by atoms with Gasteiger partial charge in [0.1, 0.15) is 0 Å². The molecule has 0 atom stereocenters. The normalized spacial score (nSPS) is 17.7. The molecule has 2 aliphatic heterocycles. The van der Waals surface area contributed by atoms with Crippen molar-refractivity contribution in [2.24, 2.45) is 21.7 Å². The van der Waals surface area contributed by atoms with Crippen LogP contribution >= 0.6 is 0 Å². The molecule has 2 saturated carbocycles. The van der Waals surface area contributed by atoms with Gasteiger partial charge < -0.3 is 20.9 Å². The molecule has 8 rings (SSSR count). The predicted octanol–water partition coefficient (Wildman–Crippen LogP) is 8.98. The Bertz CT molecular complexity index is 2470. The number of piperidine rings is 2. The standard InChI is InChI=1S/C24H31N3O3S.C17H19FN2O3S.C7H13N/c1-23(2,3)17-31(29,30)19-6-4-5-18(15-19)26-22(28)20-7-12-25-16-21(20)27-13-10-24(8-9-24)11-14-27;1-17(2,3)11-24(22,23)13-6-4-5-12(9-13)20-16(21)14-7-8-19-10-15(14)18;1-2-7(1)3-5-8-6-4-7/h4-7,12,15-16H,8-11,13-14,17H2,1-3H3,(H,26,28);4-10H,11H2,1-3H3,(H,20,21);8H,1-6H2. The molecule has 0 radical (unpaired) electrons. The lowest BCUT2D eigenvalue weighted by Crippen LogP contribution is -2.35. The number of pyridine rings is 2. The number of benzene rings is 2. The summed E-state index contributed by atoms with van der Waals surface area (Å²) in [5.74, 6) is -1.64. The van der Waals surface area contributed by atoms with Crippen molar-refractivity contribution in [3.8, 4) is 0 Å². The summed E-state index contributed by atoms with van der Waals surface area (Å²) in [5.41, 5.74) is 2.68. The third-order valence-electron chi connectivity index (χ3n) is 12.0.